The molecule has 0 aliphatic carbocycles. The molecule has 2 heterocycles. The molecule has 0 aromatic heterocycles. The average molecular weight is 455 g/mol. The third-order valence-corrected chi connectivity index (χ3v) is 6.91. The van der Waals surface area contributed by atoms with E-state index < -0.39 is 0 Å². The number of carbonyl (C=O) groups is 1. The minimum absolute atomic E-state index is 0.113. The SMILES string of the molecule is CC1(C)SC(=O)NN=C1c1ccc2c(c1)CCCN2/C(=N\c1ccccc1)c1ccccc1. The van der Waals surface area contributed by atoms with Gasteiger partial charge >= 0.3 is 0 Å². The predicted molar refractivity (Wildman–Crippen MR) is 138 cm³/mol. The van der Waals surface area contributed by atoms with Crippen LogP contribution in [0.4, 0.5) is 16.2 Å². The van der Waals surface area contributed by atoms with Crippen LogP contribution in [0.1, 0.15) is 37.0 Å². The van der Waals surface area contributed by atoms with Gasteiger partial charge in [-0.3, -0.25) is 4.79 Å². The van der Waals surface area contributed by atoms with Crippen molar-refractivity contribution in [2.24, 2.45) is 10.1 Å². The molecule has 3 aromatic rings. The minimum atomic E-state index is -0.380. The maximum absolute atomic E-state index is 11.8. The Morgan fingerprint density at radius 3 is 2.48 bits per heavy atom. The number of nitrogens with zero attached hydrogens (tertiary/aromatic N) is 3. The number of hydrogen-bond acceptors (Lipinski definition) is 4. The Hall–Kier alpha value is -3.38. The Labute approximate surface area is 198 Å². The van der Waals surface area contributed by atoms with E-state index in [1.54, 1.807) is 0 Å². The zero-order chi connectivity index (χ0) is 22.8. The fourth-order valence-electron chi connectivity index (χ4n) is 4.41. The number of hydrogen-bond donors (Lipinski definition) is 1. The van der Waals surface area contributed by atoms with Gasteiger partial charge in [0.25, 0.3) is 5.24 Å². The first-order chi connectivity index (χ1) is 16.0. The number of benzene rings is 3. The summed E-state index contributed by atoms with van der Waals surface area (Å²) in [4.78, 5) is 19.2. The molecular weight excluding hydrogens is 428 g/mol. The minimum Gasteiger partial charge on any atom is -0.326 e. The van der Waals surface area contributed by atoms with Crippen molar-refractivity contribution in [2.75, 3.05) is 11.4 Å². The van der Waals surface area contributed by atoms with Crippen LogP contribution in [-0.2, 0) is 6.42 Å². The molecule has 2 aliphatic rings. The van der Waals surface area contributed by atoms with Crippen LogP contribution >= 0.6 is 11.8 Å². The Balaban J connectivity index is 1.57. The molecule has 0 saturated carbocycles. The molecular formula is C27H26N4OS. The van der Waals surface area contributed by atoms with Crippen LogP contribution in [0.3, 0.4) is 0 Å². The van der Waals surface area contributed by atoms with Crippen LogP contribution in [0.2, 0.25) is 0 Å². The molecule has 0 spiro atoms. The van der Waals surface area contributed by atoms with Gasteiger partial charge in [0.2, 0.25) is 0 Å². The van der Waals surface area contributed by atoms with Crippen LogP contribution in [0.15, 0.2) is 89.0 Å². The highest BCUT2D eigenvalue weighted by Gasteiger charge is 2.34. The number of para-hydroxylation sites is 1. The van der Waals surface area contributed by atoms with Gasteiger partial charge in [0.05, 0.1) is 16.1 Å². The van der Waals surface area contributed by atoms with E-state index in [4.69, 9.17) is 4.99 Å². The van der Waals surface area contributed by atoms with Gasteiger partial charge in [0, 0.05) is 17.8 Å². The second-order valence-electron chi connectivity index (χ2n) is 8.71. The number of fused-ring (bicyclic) bond motifs is 1. The lowest BCUT2D eigenvalue weighted by molar-refractivity contribution is 0.260. The zero-order valence-electron chi connectivity index (χ0n) is 18.8. The van der Waals surface area contributed by atoms with E-state index in [9.17, 15) is 4.79 Å². The molecule has 6 heteroatoms. The highest BCUT2D eigenvalue weighted by atomic mass is 32.2. The number of amides is 1. The molecule has 1 N–H and O–H groups in total. The van der Waals surface area contributed by atoms with Crippen molar-refractivity contribution in [2.45, 2.75) is 31.4 Å². The summed E-state index contributed by atoms with van der Waals surface area (Å²) in [6, 6.07) is 27.0. The molecule has 5 nitrogen and oxygen atoms in total. The zero-order valence-corrected chi connectivity index (χ0v) is 19.6. The lowest BCUT2D eigenvalue weighted by Crippen LogP contribution is -2.39. The number of rotatable bonds is 3. The fourth-order valence-corrected chi connectivity index (χ4v) is 5.22. The van der Waals surface area contributed by atoms with Gasteiger partial charge in [-0.05, 0) is 62.1 Å². The molecule has 0 fully saturated rings. The van der Waals surface area contributed by atoms with Crippen molar-refractivity contribution in [1.82, 2.24) is 5.43 Å². The third-order valence-electron chi connectivity index (χ3n) is 5.93. The second-order valence-corrected chi connectivity index (χ2v) is 10.3. The number of amidine groups is 1. The Morgan fingerprint density at radius 2 is 1.76 bits per heavy atom. The molecule has 0 atom stereocenters. The summed E-state index contributed by atoms with van der Waals surface area (Å²) in [6.07, 6.45) is 2.04. The molecule has 0 saturated heterocycles. The van der Waals surface area contributed by atoms with Crippen LogP contribution in [0.25, 0.3) is 0 Å². The highest BCUT2D eigenvalue weighted by molar-refractivity contribution is 8.15. The van der Waals surface area contributed by atoms with Crippen LogP contribution in [0, 0.1) is 0 Å². The molecule has 0 radical (unpaired) electrons. The first-order valence-electron chi connectivity index (χ1n) is 11.2. The van der Waals surface area contributed by atoms with Crippen molar-refractivity contribution in [3.63, 3.8) is 0 Å². The number of aryl methyl sites for hydroxylation is 1. The van der Waals surface area contributed by atoms with Crippen molar-refractivity contribution in [3.05, 3.63) is 95.6 Å². The van der Waals surface area contributed by atoms with Gasteiger partial charge in [-0.2, -0.15) is 5.10 Å². The molecule has 1 amide bonds. The number of hydrazone groups is 1. The number of thioether (sulfide) groups is 1. The number of carbonyl (C=O) groups excluding carboxylic acids is 1. The predicted octanol–water partition coefficient (Wildman–Crippen LogP) is 6.16. The smallest absolute Gasteiger partial charge is 0.300 e. The van der Waals surface area contributed by atoms with Crippen LogP contribution in [-0.4, -0.2) is 28.1 Å². The fraction of sp³-hybridized carbons (Fsp3) is 0.222. The Bertz CT molecular complexity index is 1240. The summed E-state index contributed by atoms with van der Waals surface area (Å²) in [5, 5.41) is 4.29. The Kier molecular flexibility index (Phi) is 5.77. The monoisotopic (exact) mass is 454 g/mol. The molecule has 2 aliphatic heterocycles. The first-order valence-corrected chi connectivity index (χ1v) is 12.0. The van der Waals surface area contributed by atoms with Crippen molar-refractivity contribution in [3.8, 4) is 0 Å². The van der Waals surface area contributed by atoms with E-state index >= 15 is 0 Å². The molecule has 0 unspecified atom stereocenters. The van der Waals surface area contributed by atoms with Crippen molar-refractivity contribution >= 4 is 39.9 Å². The van der Waals surface area contributed by atoms with E-state index in [2.05, 4.69) is 57.9 Å². The van der Waals surface area contributed by atoms with E-state index in [0.717, 1.165) is 47.7 Å². The quantitative estimate of drug-likeness (QED) is 0.381. The normalized spacial score (nSPS) is 17.8. The van der Waals surface area contributed by atoms with Crippen molar-refractivity contribution < 1.29 is 4.79 Å². The topological polar surface area (TPSA) is 57.1 Å². The van der Waals surface area contributed by atoms with Gasteiger partial charge in [-0.1, -0.05) is 66.4 Å². The van der Waals surface area contributed by atoms with Crippen molar-refractivity contribution in [1.29, 1.82) is 0 Å². The molecule has 33 heavy (non-hydrogen) atoms. The van der Waals surface area contributed by atoms with E-state index in [1.807, 2.05) is 50.2 Å². The molecule has 166 valence electrons. The maximum atomic E-state index is 11.8. The maximum Gasteiger partial charge on any atom is 0.300 e. The summed E-state index contributed by atoms with van der Waals surface area (Å²) in [7, 11) is 0. The van der Waals surface area contributed by atoms with Gasteiger partial charge < -0.3 is 4.90 Å². The number of aliphatic imine (C=N–C) groups is 1. The first kappa shape index (κ1) is 21.5. The van der Waals surface area contributed by atoms with Gasteiger partial charge in [-0.25, -0.2) is 10.4 Å². The number of anilines is 1. The summed E-state index contributed by atoms with van der Waals surface area (Å²) >= 11 is 1.28. The summed E-state index contributed by atoms with van der Waals surface area (Å²) in [6.45, 7) is 4.99. The molecule has 5 rings (SSSR count). The number of nitrogens with one attached hydrogen (secondary N) is 1. The summed E-state index contributed by atoms with van der Waals surface area (Å²) in [5.41, 5.74) is 9.05. The Morgan fingerprint density at radius 1 is 1.03 bits per heavy atom. The third kappa shape index (κ3) is 4.44. The van der Waals surface area contributed by atoms with Gasteiger partial charge in [0.1, 0.15) is 5.84 Å². The second kappa shape index (κ2) is 8.87. The van der Waals surface area contributed by atoms with Gasteiger partial charge in [0.15, 0.2) is 0 Å². The highest BCUT2D eigenvalue weighted by Crippen LogP contribution is 2.36. The molecule has 3 aromatic carbocycles. The van der Waals surface area contributed by atoms with Gasteiger partial charge in [-0.15, -0.1) is 0 Å². The summed E-state index contributed by atoms with van der Waals surface area (Å²) in [5.74, 6) is 0.952. The van der Waals surface area contributed by atoms with Crippen LogP contribution < -0.4 is 10.3 Å². The van der Waals surface area contributed by atoms with E-state index in [0.29, 0.717) is 0 Å². The summed E-state index contributed by atoms with van der Waals surface area (Å²) < 4.78 is -0.380. The lowest BCUT2D eigenvalue weighted by Gasteiger charge is -2.34. The standard InChI is InChI=1S/C27H26N4OS/c1-27(2)24(29-30-26(32)33-27)21-15-16-23-20(18-21)12-9-17-31(23)25(19-10-5-3-6-11-19)28-22-13-7-4-8-14-22/h3-8,10-11,13-16,18H,9,12,17H2,1-2H3,(H,30,32)/b28-25-. The largest absolute Gasteiger partial charge is 0.326 e. The van der Waals surface area contributed by atoms with E-state index in [1.165, 1.54) is 23.0 Å². The molecule has 0 bridgehead atoms. The lowest BCUT2D eigenvalue weighted by atomic mass is 9.93. The average Bonchev–Trinajstić information content (AvgIpc) is 2.82. The van der Waals surface area contributed by atoms with E-state index in [-0.39, 0.29) is 9.99 Å². The van der Waals surface area contributed by atoms with Crippen LogP contribution in [0.5, 0.6) is 0 Å².